The fourth-order valence-electron chi connectivity index (χ4n) is 2.77. The van der Waals surface area contributed by atoms with Gasteiger partial charge in [0.05, 0.1) is 6.42 Å². The van der Waals surface area contributed by atoms with Crippen LogP contribution in [0.4, 0.5) is 19.0 Å². The summed E-state index contributed by atoms with van der Waals surface area (Å²) in [6, 6.07) is 3.90. The van der Waals surface area contributed by atoms with Crippen LogP contribution >= 0.6 is 24.0 Å². The largest absolute Gasteiger partial charge is 0.390 e. The first kappa shape index (κ1) is 23.7. The first-order valence-electron chi connectivity index (χ1n) is 8.84. The summed E-state index contributed by atoms with van der Waals surface area (Å²) in [7, 11) is 1.54. The van der Waals surface area contributed by atoms with E-state index in [4.69, 9.17) is 0 Å². The average Bonchev–Trinajstić information content (AvgIpc) is 2.64. The van der Waals surface area contributed by atoms with Crippen LogP contribution in [0.15, 0.2) is 23.3 Å². The Morgan fingerprint density at radius 2 is 1.93 bits per heavy atom. The number of likely N-dealkylation sites (N-methyl/N-ethyl adjacent to an activating group) is 1. The van der Waals surface area contributed by atoms with Crippen molar-refractivity contribution in [2.24, 2.45) is 4.99 Å². The van der Waals surface area contributed by atoms with Crippen LogP contribution in [-0.4, -0.2) is 68.3 Å². The van der Waals surface area contributed by atoms with Gasteiger partial charge in [0.15, 0.2) is 5.96 Å². The first-order chi connectivity index (χ1) is 12.4. The lowest BCUT2D eigenvalue weighted by molar-refractivity contribution is -0.132. The molecule has 1 aliphatic heterocycles. The zero-order chi connectivity index (χ0) is 19.0. The number of nitrogens with zero attached hydrogens (tertiary/aromatic N) is 4. The topological polar surface area (TPSA) is 55.8 Å². The lowest BCUT2D eigenvalue weighted by atomic mass is 10.2. The molecule has 154 valence electrons. The Bertz CT molecular complexity index is 588. The maximum absolute atomic E-state index is 12.2. The van der Waals surface area contributed by atoms with Crippen molar-refractivity contribution < 1.29 is 13.2 Å². The van der Waals surface area contributed by atoms with Gasteiger partial charge in [-0.1, -0.05) is 6.92 Å². The third-order valence-corrected chi connectivity index (χ3v) is 4.34. The highest BCUT2D eigenvalue weighted by atomic mass is 127. The lowest BCUT2D eigenvalue weighted by Gasteiger charge is -2.34. The van der Waals surface area contributed by atoms with Gasteiger partial charge >= 0.3 is 6.18 Å². The normalized spacial score (nSPS) is 16.0. The van der Waals surface area contributed by atoms with Crippen LogP contribution in [-0.2, 0) is 6.54 Å². The monoisotopic (exact) mass is 500 g/mol. The van der Waals surface area contributed by atoms with Crippen molar-refractivity contribution in [2.75, 3.05) is 51.2 Å². The van der Waals surface area contributed by atoms with E-state index >= 15 is 0 Å². The fraction of sp³-hybridized carbons (Fsp3) is 0.647. The second-order valence-corrected chi connectivity index (χ2v) is 6.16. The molecule has 0 atom stereocenters. The van der Waals surface area contributed by atoms with Crippen LogP contribution in [0.1, 0.15) is 18.9 Å². The highest BCUT2D eigenvalue weighted by Gasteiger charge is 2.26. The van der Waals surface area contributed by atoms with E-state index in [9.17, 15) is 13.2 Å². The number of nitrogens with one attached hydrogen (secondary N) is 2. The van der Waals surface area contributed by atoms with Crippen LogP contribution in [0.25, 0.3) is 0 Å². The molecule has 27 heavy (non-hydrogen) atoms. The third kappa shape index (κ3) is 8.50. The molecule has 0 bridgehead atoms. The molecule has 10 heteroatoms. The van der Waals surface area contributed by atoms with Crippen molar-refractivity contribution in [3.63, 3.8) is 0 Å². The molecule has 1 aromatic heterocycles. The van der Waals surface area contributed by atoms with Crippen molar-refractivity contribution >= 4 is 35.8 Å². The number of halogens is 4. The van der Waals surface area contributed by atoms with Gasteiger partial charge < -0.3 is 20.4 Å². The smallest absolute Gasteiger partial charge is 0.356 e. The third-order valence-electron chi connectivity index (χ3n) is 4.34. The van der Waals surface area contributed by atoms with E-state index < -0.39 is 12.6 Å². The van der Waals surface area contributed by atoms with Crippen LogP contribution in [0, 0.1) is 0 Å². The lowest BCUT2D eigenvalue weighted by Crippen LogP contribution is -2.46. The second kappa shape index (κ2) is 11.5. The minimum Gasteiger partial charge on any atom is -0.356 e. The molecule has 0 unspecified atom stereocenters. The summed E-state index contributed by atoms with van der Waals surface area (Å²) >= 11 is 0. The summed E-state index contributed by atoms with van der Waals surface area (Å²) in [5.41, 5.74) is 1.01. The molecule has 0 saturated carbocycles. The summed E-state index contributed by atoms with van der Waals surface area (Å²) in [6.45, 7) is 7.42. The summed E-state index contributed by atoms with van der Waals surface area (Å²) in [5, 5.41) is 5.71. The predicted molar refractivity (Wildman–Crippen MR) is 113 cm³/mol. The summed E-state index contributed by atoms with van der Waals surface area (Å²) < 4.78 is 36.6. The summed E-state index contributed by atoms with van der Waals surface area (Å²) in [6.07, 6.45) is -3.30. The zero-order valence-corrected chi connectivity index (χ0v) is 18.1. The van der Waals surface area contributed by atoms with Gasteiger partial charge in [0.2, 0.25) is 0 Å². The van der Waals surface area contributed by atoms with Crippen molar-refractivity contribution in [3.8, 4) is 0 Å². The molecule has 0 aromatic carbocycles. The molecule has 0 spiro atoms. The SMILES string of the molecule is CCN1CCN(c2cc(CNC(=NC)NCCC(F)(F)F)ccn2)CC1.I. The quantitative estimate of drug-likeness (QED) is 0.357. The molecule has 0 radical (unpaired) electrons. The number of hydrogen-bond donors (Lipinski definition) is 2. The molecular formula is C17H28F3IN6. The second-order valence-electron chi connectivity index (χ2n) is 6.16. The Balaban J connectivity index is 0.00000364. The van der Waals surface area contributed by atoms with Crippen LogP contribution < -0.4 is 15.5 Å². The number of hydrogen-bond acceptors (Lipinski definition) is 4. The Hall–Kier alpha value is -1.30. The van der Waals surface area contributed by atoms with Gasteiger partial charge in [-0.3, -0.25) is 4.99 Å². The number of pyridine rings is 1. The van der Waals surface area contributed by atoms with E-state index in [1.54, 1.807) is 6.20 Å². The van der Waals surface area contributed by atoms with Crippen LogP contribution in [0.5, 0.6) is 0 Å². The maximum atomic E-state index is 12.2. The molecule has 1 saturated heterocycles. The molecular weight excluding hydrogens is 472 g/mol. The van der Waals surface area contributed by atoms with Gasteiger partial charge in [0.25, 0.3) is 0 Å². The molecule has 2 N–H and O–H groups in total. The molecule has 1 aromatic rings. The first-order valence-corrected chi connectivity index (χ1v) is 8.84. The van der Waals surface area contributed by atoms with Crippen molar-refractivity contribution in [2.45, 2.75) is 26.1 Å². The van der Waals surface area contributed by atoms with Gasteiger partial charge in [-0.25, -0.2) is 4.98 Å². The number of anilines is 1. The van der Waals surface area contributed by atoms with Crippen molar-refractivity contribution in [3.05, 3.63) is 23.9 Å². The maximum Gasteiger partial charge on any atom is 0.390 e. The molecule has 6 nitrogen and oxygen atoms in total. The number of aromatic nitrogens is 1. The molecule has 0 aliphatic carbocycles. The Morgan fingerprint density at radius 1 is 1.22 bits per heavy atom. The van der Waals surface area contributed by atoms with Gasteiger partial charge in [-0.05, 0) is 24.2 Å². The van der Waals surface area contributed by atoms with E-state index in [0.29, 0.717) is 12.5 Å². The molecule has 1 fully saturated rings. The number of aliphatic imine (C=N–C) groups is 1. The minimum absolute atomic E-state index is 0. The Kier molecular flexibility index (Phi) is 10.1. The Morgan fingerprint density at radius 3 is 2.52 bits per heavy atom. The average molecular weight is 500 g/mol. The predicted octanol–water partition coefficient (Wildman–Crippen LogP) is 2.46. The highest BCUT2D eigenvalue weighted by Crippen LogP contribution is 2.18. The number of rotatable bonds is 6. The molecule has 0 amide bonds. The summed E-state index contributed by atoms with van der Waals surface area (Å²) in [5.74, 6) is 1.28. The molecule has 2 heterocycles. The molecule has 2 rings (SSSR count). The van der Waals surface area contributed by atoms with Crippen LogP contribution in [0.3, 0.4) is 0 Å². The van der Waals surface area contributed by atoms with Gasteiger partial charge in [-0.2, -0.15) is 13.2 Å². The van der Waals surface area contributed by atoms with Crippen molar-refractivity contribution in [1.82, 2.24) is 20.5 Å². The number of guanidine groups is 1. The van der Waals surface area contributed by atoms with E-state index in [2.05, 4.69) is 37.3 Å². The Labute approximate surface area is 175 Å². The molecule has 1 aliphatic rings. The zero-order valence-electron chi connectivity index (χ0n) is 15.7. The van der Waals surface area contributed by atoms with Gasteiger partial charge in [0.1, 0.15) is 5.82 Å². The van der Waals surface area contributed by atoms with E-state index in [1.165, 1.54) is 7.05 Å². The van der Waals surface area contributed by atoms with Gasteiger partial charge in [0, 0.05) is 52.5 Å². The minimum atomic E-state index is -4.17. The standard InChI is InChI=1S/C17H27F3N6.HI/c1-3-25-8-10-26(11-9-25)15-12-14(4-6-22-15)13-24-16(21-2)23-7-5-17(18,19)20;/h4,6,12H,3,5,7-11,13H2,1-2H3,(H2,21,23,24);1H. The van der Waals surface area contributed by atoms with Crippen molar-refractivity contribution in [1.29, 1.82) is 0 Å². The van der Waals surface area contributed by atoms with Gasteiger partial charge in [-0.15, -0.1) is 24.0 Å². The van der Waals surface area contributed by atoms with Crippen LogP contribution in [0.2, 0.25) is 0 Å². The van der Waals surface area contributed by atoms with E-state index in [-0.39, 0.29) is 30.5 Å². The summed E-state index contributed by atoms with van der Waals surface area (Å²) in [4.78, 5) is 13.1. The van der Waals surface area contributed by atoms with E-state index in [1.807, 2.05) is 12.1 Å². The number of alkyl halides is 3. The van der Waals surface area contributed by atoms with E-state index in [0.717, 1.165) is 44.1 Å². The highest BCUT2D eigenvalue weighted by molar-refractivity contribution is 14.0. The fourth-order valence-corrected chi connectivity index (χ4v) is 2.77. The number of piperazine rings is 1.